The molecule has 184 valence electrons. The zero-order valence-corrected chi connectivity index (χ0v) is 20.8. The number of ether oxygens (including phenoxy) is 1. The molecule has 8 nitrogen and oxygen atoms in total. The summed E-state index contributed by atoms with van der Waals surface area (Å²) in [6.07, 6.45) is 4.09. The van der Waals surface area contributed by atoms with E-state index in [0.717, 1.165) is 19.3 Å². The molecule has 0 amide bonds. The van der Waals surface area contributed by atoms with Gasteiger partial charge in [-0.3, -0.25) is 19.2 Å². The molecule has 0 fully saturated rings. The molecule has 2 atom stereocenters. The van der Waals surface area contributed by atoms with E-state index in [9.17, 15) is 19.2 Å². The van der Waals surface area contributed by atoms with E-state index in [1.807, 2.05) is 27.7 Å². The molecule has 0 aliphatic heterocycles. The van der Waals surface area contributed by atoms with Gasteiger partial charge in [-0.05, 0) is 39.0 Å². The van der Waals surface area contributed by atoms with E-state index in [2.05, 4.69) is 6.92 Å². The summed E-state index contributed by atoms with van der Waals surface area (Å²) in [6, 6.07) is -0.269. The number of carboxylic acids is 1. The summed E-state index contributed by atoms with van der Waals surface area (Å²) in [4.78, 5) is 43.3. The SMILES string of the molecule is CC(=O)C(N)C(C)C.CCC(CC)(OC(=O)CCN)C(C)=O.CCCCC(C)C(=O)O. The molecule has 0 rings (SSSR count). The van der Waals surface area contributed by atoms with Gasteiger partial charge in [0.15, 0.2) is 11.4 Å². The quantitative estimate of drug-likeness (QED) is 0.386. The van der Waals surface area contributed by atoms with Gasteiger partial charge in [-0.1, -0.05) is 54.4 Å². The van der Waals surface area contributed by atoms with Crippen molar-refractivity contribution in [1.82, 2.24) is 0 Å². The highest BCUT2D eigenvalue weighted by atomic mass is 16.6. The van der Waals surface area contributed by atoms with Crippen LogP contribution in [0.5, 0.6) is 0 Å². The minimum Gasteiger partial charge on any atom is -0.481 e. The molecule has 0 aliphatic carbocycles. The smallest absolute Gasteiger partial charge is 0.308 e. The van der Waals surface area contributed by atoms with Gasteiger partial charge in [0.1, 0.15) is 5.78 Å². The minimum atomic E-state index is -0.938. The number of carbonyl (C=O) groups excluding carboxylic acids is 3. The minimum absolute atomic E-state index is 0.0694. The lowest BCUT2D eigenvalue weighted by atomic mass is 9.93. The third-order valence-electron chi connectivity index (χ3n) is 5.04. The number of esters is 1. The number of carboxylic acid groups (broad SMARTS) is 1. The molecule has 0 bridgehead atoms. The zero-order chi connectivity index (χ0) is 25.2. The first kappa shape index (κ1) is 33.8. The summed E-state index contributed by atoms with van der Waals surface area (Å²) in [5.74, 6) is -1.000. The molecule has 0 saturated carbocycles. The molecule has 0 spiro atoms. The highest BCUT2D eigenvalue weighted by Crippen LogP contribution is 2.22. The molecule has 0 aliphatic rings. The number of ketones is 2. The van der Waals surface area contributed by atoms with Crippen molar-refractivity contribution in [2.45, 2.75) is 106 Å². The standard InChI is InChI=1S/C10H19NO3.C7H14O2.C6H13NO/c1-4-10(5-2,8(3)12)14-9(13)6-7-11;1-3-4-5-6(2)7(8)9;1-4(2)6(7)5(3)8/h4-7,11H2,1-3H3;6H,3-5H2,1-2H3,(H,8,9);4,6H,7H2,1-3H3. The number of carbonyl (C=O) groups is 4. The van der Waals surface area contributed by atoms with Gasteiger partial charge >= 0.3 is 11.9 Å². The molecule has 2 unspecified atom stereocenters. The van der Waals surface area contributed by atoms with Crippen LogP contribution in [0.2, 0.25) is 0 Å². The molecule has 0 aromatic carbocycles. The van der Waals surface area contributed by atoms with Crippen LogP contribution in [-0.2, 0) is 23.9 Å². The largest absolute Gasteiger partial charge is 0.481 e. The van der Waals surface area contributed by atoms with Crippen LogP contribution in [0.3, 0.4) is 0 Å². The summed E-state index contributed by atoms with van der Waals surface area (Å²) < 4.78 is 5.17. The monoisotopic (exact) mass is 446 g/mol. The Morgan fingerprint density at radius 2 is 1.48 bits per heavy atom. The molecule has 8 heteroatoms. The average molecular weight is 447 g/mol. The van der Waals surface area contributed by atoms with Crippen LogP contribution in [0.25, 0.3) is 0 Å². The number of aliphatic carboxylic acids is 1. The van der Waals surface area contributed by atoms with Crippen molar-refractivity contribution in [2.24, 2.45) is 23.3 Å². The Labute approximate surface area is 188 Å². The van der Waals surface area contributed by atoms with E-state index in [1.54, 1.807) is 6.92 Å². The number of unbranched alkanes of at least 4 members (excludes halogenated alkanes) is 1. The van der Waals surface area contributed by atoms with Gasteiger partial charge in [-0.25, -0.2) is 0 Å². The summed E-state index contributed by atoms with van der Waals surface area (Å²) in [7, 11) is 0. The van der Waals surface area contributed by atoms with Gasteiger partial charge in [-0.2, -0.15) is 0 Å². The van der Waals surface area contributed by atoms with Crippen molar-refractivity contribution in [3.05, 3.63) is 0 Å². The molecule has 0 heterocycles. The lowest BCUT2D eigenvalue weighted by Crippen LogP contribution is -2.41. The highest BCUT2D eigenvalue weighted by Gasteiger charge is 2.35. The fraction of sp³-hybridized carbons (Fsp3) is 0.826. The van der Waals surface area contributed by atoms with Crippen LogP contribution < -0.4 is 11.5 Å². The van der Waals surface area contributed by atoms with Crippen LogP contribution in [0.1, 0.15) is 93.9 Å². The topological polar surface area (TPSA) is 150 Å². The second-order valence-corrected chi connectivity index (χ2v) is 8.03. The molecule has 5 N–H and O–H groups in total. The predicted octanol–water partition coefficient (Wildman–Crippen LogP) is 3.48. The van der Waals surface area contributed by atoms with E-state index in [1.165, 1.54) is 13.8 Å². The fourth-order valence-electron chi connectivity index (χ4n) is 2.45. The summed E-state index contributed by atoms with van der Waals surface area (Å²) in [5.41, 5.74) is 9.69. The number of hydrogen-bond donors (Lipinski definition) is 3. The number of Topliss-reactive ketones (excluding diaryl/α,β-unsaturated/α-hetero) is 2. The maximum atomic E-state index is 11.4. The van der Waals surface area contributed by atoms with Crippen LogP contribution in [0, 0.1) is 11.8 Å². The average Bonchev–Trinajstić information content (AvgIpc) is 2.70. The first-order valence-corrected chi connectivity index (χ1v) is 11.2. The van der Waals surface area contributed by atoms with Crippen molar-refractivity contribution in [3.63, 3.8) is 0 Å². The first-order chi connectivity index (χ1) is 14.3. The van der Waals surface area contributed by atoms with Crippen molar-refractivity contribution in [2.75, 3.05) is 6.54 Å². The van der Waals surface area contributed by atoms with Gasteiger partial charge in [-0.15, -0.1) is 0 Å². The third kappa shape index (κ3) is 16.6. The van der Waals surface area contributed by atoms with Gasteiger partial charge < -0.3 is 21.3 Å². The summed E-state index contributed by atoms with van der Waals surface area (Å²) in [6.45, 7) is 14.6. The maximum Gasteiger partial charge on any atom is 0.308 e. The van der Waals surface area contributed by atoms with Crippen LogP contribution >= 0.6 is 0 Å². The lowest BCUT2D eigenvalue weighted by Gasteiger charge is -2.28. The predicted molar refractivity (Wildman–Crippen MR) is 124 cm³/mol. The van der Waals surface area contributed by atoms with Gasteiger partial charge in [0.05, 0.1) is 18.4 Å². The maximum absolute atomic E-state index is 11.4. The molecule has 31 heavy (non-hydrogen) atoms. The van der Waals surface area contributed by atoms with E-state index < -0.39 is 17.5 Å². The second kappa shape index (κ2) is 18.9. The van der Waals surface area contributed by atoms with Crippen molar-refractivity contribution in [3.8, 4) is 0 Å². The third-order valence-corrected chi connectivity index (χ3v) is 5.04. The molecule has 0 radical (unpaired) electrons. The van der Waals surface area contributed by atoms with Crippen molar-refractivity contribution < 1.29 is 29.0 Å². The Morgan fingerprint density at radius 3 is 1.71 bits per heavy atom. The summed E-state index contributed by atoms with van der Waals surface area (Å²) in [5, 5.41) is 8.41. The Morgan fingerprint density at radius 1 is 1.00 bits per heavy atom. The van der Waals surface area contributed by atoms with E-state index in [0.29, 0.717) is 12.8 Å². The molecular weight excluding hydrogens is 400 g/mol. The lowest BCUT2D eigenvalue weighted by molar-refractivity contribution is -0.167. The first-order valence-electron chi connectivity index (χ1n) is 11.2. The molecule has 0 aromatic heterocycles. The number of hydrogen-bond acceptors (Lipinski definition) is 7. The van der Waals surface area contributed by atoms with Crippen LogP contribution in [0.4, 0.5) is 0 Å². The Balaban J connectivity index is -0.000000401. The number of nitrogens with two attached hydrogens (primary N) is 2. The van der Waals surface area contributed by atoms with E-state index >= 15 is 0 Å². The highest BCUT2D eigenvalue weighted by molar-refractivity contribution is 5.87. The van der Waals surface area contributed by atoms with E-state index in [-0.39, 0.29) is 42.4 Å². The van der Waals surface area contributed by atoms with Crippen molar-refractivity contribution in [1.29, 1.82) is 0 Å². The number of rotatable bonds is 12. The Hall–Kier alpha value is -1.80. The van der Waals surface area contributed by atoms with E-state index in [4.69, 9.17) is 21.3 Å². The molecular formula is C23H46N2O6. The molecule has 0 saturated heterocycles. The zero-order valence-electron chi connectivity index (χ0n) is 20.8. The van der Waals surface area contributed by atoms with Gasteiger partial charge in [0.2, 0.25) is 0 Å². The fourth-order valence-corrected chi connectivity index (χ4v) is 2.45. The summed E-state index contributed by atoms with van der Waals surface area (Å²) >= 11 is 0. The van der Waals surface area contributed by atoms with Crippen molar-refractivity contribution >= 4 is 23.5 Å². The Bertz CT molecular complexity index is 530. The van der Waals surface area contributed by atoms with Crippen LogP contribution in [-0.4, -0.2) is 46.8 Å². The molecule has 0 aromatic rings. The second-order valence-electron chi connectivity index (χ2n) is 8.03. The van der Waals surface area contributed by atoms with Crippen LogP contribution in [0.15, 0.2) is 0 Å². The van der Waals surface area contributed by atoms with Gasteiger partial charge in [0.25, 0.3) is 0 Å². The normalized spacial score (nSPS) is 12.5. The Kier molecular flexibility index (Phi) is 20.7. The van der Waals surface area contributed by atoms with Gasteiger partial charge in [0, 0.05) is 6.54 Å².